The second kappa shape index (κ2) is 11.1. The highest BCUT2D eigenvalue weighted by molar-refractivity contribution is 6.22. The third-order valence-electron chi connectivity index (χ3n) is 7.76. The average molecular weight is 553 g/mol. The van der Waals surface area contributed by atoms with Gasteiger partial charge in [-0.3, -0.25) is 9.69 Å². The Kier molecular flexibility index (Phi) is 7.25. The summed E-state index contributed by atoms with van der Waals surface area (Å²) in [6.45, 7) is 4.72. The molecular weight excluding hydrogens is 520 g/mol. The van der Waals surface area contributed by atoms with Crippen molar-refractivity contribution >= 4 is 40.0 Å². The fourth-order valence-electron chi connectivity index (χ4n) is 5.50. The Labute approximate surface area is 237 Å². The minimum atomic E-state index is -0.460. The first-order chi connectivity index (χ1) is 19.9. The predicted octanol–water partition coefficient (Wildman–Crippen LogP) is 3.36. The number of amides is 1. The molecule has 2 aliphatic heterocycles. The molecule has 0 bridgehead atoms. The van der Waals surface area contributed by atoms with Crippen LogP contribution in [0.2, 0.25) is 0 Å². The number of pyridine rings is 1. The van der Waals surface area contributed by atoms with Crippen LogP contribution in [0.15, 0.2) is 65.7 Å². The number of aliphatic imine (C=N–C) groups is 1. The van der Waals surface area contributed by atoms with Gasteiger partial charge in [-0.1, -0.05) is 36.4 Å². The molecule has 2 aromatic heterocycles. The summed E-state index contributed by atoms with van der Waals surface area (Å²) < 4.78 is 4.84. The molecule has 10 nitrogen and oxygen atoms in total. The molecule has 4 aromatic rings. The van der Waals surface area contributed by atoms with Crippen molar-refractivity contribution in [1.82, 2.24) is 19.8 Å². The third-order valence-corrected chi connectivity index (χ3v) is 7.76. The molecule has 2 N–H and O–H groups in total. The lowest BCUT2D eigenvalue weighted by molar-refractivity contribution is -0.120. The van der Waals surface area contributed by atoms with Crippen molar-refractivity contribution < 1.29 is 19.4 Å². The van der Waals surface area contributed by atoms with Crippen LogP contribution >= 0.6 is 0 Å². The van der Waals surface area contributed by atoms with Gasteiger partial charge in [-0.15, -0.1) is 0 Å². The fraction of sp³-hybridized carbons (Fsp3) is 0.290. The number of likely N-dealkylation sites (N-methyl/N-ethyl adjacent to an activating group) is 1. The topological polar surface area (TPSA) is 114 Å². The fourth-order valence-corrected chi connectivity index (χ4v) is 5.50. The monoisotopic (exact) mass is 552 g/mol. The number of hydrogen-bond donors (Lipinski definition) is 2. The number of H-pyrrole nitrogens is 1. The van der Waals surface area contributed by atoms with Gasteiger partial charge in [-0.05, 0) is 31.3 Å². The van der Waals surface area contributed by atoms with Gasteiger partial charge in [0.1, 0.15) is 0 Å². The average Bonchev–Trinajstić information content (AvgIpc) is 3.56. The Hall–Kier alpha value is -4.54. The summed E-state index contributed by atoms with van der Waals surface area (Å²) in [6, 6.07) is 18.4. The number of ether oxygens (including phenoxy) is 1. The zero-order valence-corrected chi connectivity index (χ0v) is 23.1. The number of aromatic nitrogens is 2. The summed E-state index contributed by atoms with van der Waals surface area (Å²) in [5.41, 5.74) is 4.46. The van der Waals surface area contributed by atoms with Crippen molar-refractivity contribution in [3.63, 3.8) is 0 Å². The first-order valence-electron chi connectivity index (χ1n) is 13.7. The first-order valence-corrected chi connectivity index (χ1v) is 13.7. The van der Waals surface area contributed by atoms with Gasteiger partial charge in [-0.2, -0.15) is 0 Å². The Morgan fingerprint density at radius 1 is 1.00 bits per heavy atom. The van der Waals surface area contributed by atoms with Crippen molar-refractivity contribution in [2.75, 3.05) is 58.3 Å². The molecule has 0 unspecified atom stereocenters. The summed E-state index contributed by atoms with van der Waals surface area (Å²) >= 11 is 0. The molecule has 10 heteroatoms. The second-order valence-electron chi connectivity index (χ2n) is 10.4. The second-order valence-corrected chi connectivity index (χ2v) is 10.4. The maximum absolute atomic E-state index is 13.2. The normalized spacial score (nSPS) is 16.2. The number of carbonyl (C=O) groups is 2. The van der Waals surface area contributed by atoms with E-state index in [0.717, 1.165) is 43.1 Å². The van der Waals surface area contributed by atoms with E-state index in [1.54, 1.807) is 18.2 Å². The van der Waals surface area contributed by atoms with Crippen LogP contribution in [0, 0.1) is 0 Å². The van der Waals surface area contributed by atoms with Crippen molar-refractivity contribution in [3.8, 4) is 5.88 Å². The number of carbonyl (C=O) groups excluding carboxylic acids is 2. The summed E-state index contributed by atoms with van der Waals surface area (Å²) in [5, 5.41) is 11.7. The lowest BCUT2D eigenvalue weighted by Gasteiger charge is -2.32. The number of fused-ring (bicyclic) bond motifs is 2. The van der Waals surface area contributed by atoms with E-state index in [1.807, 2.05) is 47.4 Å². The summed E-state index contributed by atoms with van der Waals surface area (Å²) in [4.78, 5) is 44.3. The van der Waals surface area contributed by atoms with E-state index in [-0.39, 0.29) is 11.8 Å². The number of rotatable bonds is 6. The zero-order valence-electron chi connectivity index (χ0n) is 23.1. The minimum absolute atomic E-state index is 0.0635. The van der Waals surface area contributed by atoms with E-state index in [0.29, 0.717) is 53.1 Å². The van der Waals surface area contributed by atoms with Gasteiger partial charge in [0.05, 0.1) is 41.9 Å². The van der Waals surface area contributed by atoms with Gasteiger partial charge >= 0.3 is 5.97 Å². The van der Waals surface area contributed by atoms with E-state index in [1.165, 1.54) is 7.11 Å². The molecule has 0 saturated carbocycles. The van der Waals surface area contributed by atoms with E-state index in [4.69, 9.17) is 14.7 Å². The zero-order chi connectivity index (χ0) is 28.5. The van der Waals surface area contributed by atoms with Crippen molar-refractivity contribution in [1.29, 1.82) is 0 Å². The number of methoxy groups -OCH3 is 1. The molecule has 1 saturated heterocycles. The highest BCUT2D eigenvalue weighted by atomic mass is 16.5. The first kappa shape index (κ1) is 26.7. The molecule has 1 fully saturated rings. The number of benzene rings is 2. The van der Waals surface area contributed by atoms with Gasteiger partial charge in [0, 0.05) is 55.6 Å². The summed E-state index contributed by atoms with van der Waals surface area (Å²) in [5.74, 6) is 0.0478. The molecular formula is C31H32N6O4. The molecule has 6 rings (SSSR count). The third kappa shape index (κ3) is 5.31. The Balaban J connectivity index is 1.33. The van der Waals surface area contributed by atoms with E-state index >= 15 is 0 Å². The molecule has 4 heterocycles. The number of anilines is 1. The quantitative estimate of drug-likeness (QED) is 0.279. The van der Waals surface area contributed by atoms with E-state index in [9.17, 15) is 14.7 Å². The standard InChI is InChI=1S/C31H32N6O4/c1-35-14-16-36(17-15-35)19-27(38)37-13-12-23-25(37)10-11-26(32-23)34-29(20-6-4-3-5-7-20)28-22-9-8-21(31(40)41-2)18-24(22)33-30(28)39/h3-11,18,33,39H,12-17,19H2,1-2H3. The van der Waals surface area contributed by atoms with Crippen LogP contribution < -0.4 is 4.90 Å². The van der Waals surface area contributed by atoms with Crippen LogP contribution in [0.25, 0.3) is 10.9 Å². The van der Waals surface area contributed by atoms with Crippen molar-refractivity contribution in [2.45, 2.75) is 6.42 Å². The number of esters is 1. The minimum Gasteiger partial charge on any atom is -0.494 e. The summed E-state index contributed by atoms with van der Waals surface area (Å²) in [7, 11) is 3.43. The number of piperazine rings is 1. The van der Waals surface area contributed by atoms with Gasteiger partial charge < -0.3 is 24.6 Å². The van der Waals surface area contributed by atoms with Gasteiger partial charge in [0.25, 0.3) is 0 Å². The number of aromatic hydroxyl groups is 1. The smallest absolute Gasteiger partial charge is 0.337 e. The Morgan fingerprint density at radius 3 is 2.54 bits per heavy atom. The molecule has 0 spiro atoms. The van der Waals surface area contributed by atoms with E-state index < -0.39 is 5.97 Å². The number of aromatic amines is 1. The number of hydrogen-bond acceptors (Lipinski definition) is 8. The van der Waals surface area contributed by atoms with Crippen LogP contribution in [0.1, 0.15) is 27.2 Å². The Bertz CT molecular complexity index is 1640. The molecule has 2 aliphatic rings. The van der Waals surface area contributed by atoms with Crippen LogP contribution in [0.4, 0.5) is 11.5 Å². The molecule has 41 heavy (non-hydrogen) atoms. The Morgan fingerprint density at radius 2 is 1.78 bits per heavy atom. The lowest BCUT2D eigenvalue weighted by atomic mass is 10.00. The molecule has 1 amide bonds. The predicted molar refractivity (Wildman–Crippen MR) is 157 cm³/mol. The van der Waals surface area contributed by atoms with Crippen LogP contribution in [-0.4, -0.2) is 95.9 Å². The van der Waals surface area contributed by atoms with Gasteiger partial charge in [-0.25, -0.2) is 14.8 Å². The van der Waals surface area contributed by atoms with Crippen LogP contribution in [-0.2, 0) is 16.0 Å². The van der Waals surface area contributed by atoms with Crippen LogP contribution in [0.5, 0.6) is 5.88 Å². The molecule has 0 aliphatic carbocycles. The molecule has 0 radical (unpaired) electrons. The highest BCUT2D eigenvalue weighted by Gasteiger charge is 2.28. The maximum atomic E-state index is 13.2. The summed E-state index contributed by atoms with van der Waals surface area (Å²) in [6.07, 6.45) is 0.655. The van der Waals surface area contributed by atoms with Gasteiger partial charge in [0.15, 0.2) is 11.7 Å². The van der Waals surface area contributed by atoms with E-state index in [2.05, 4.69) is 21.8 Å². The molecule has 210 valence electrons. The van der Waals surface area contributed by atoms with Crippen molar-refractivity contribution in [3.05, 3.63) is 83.0 Å². The molecule has 2 aromatic carbocycles. The largest absolute Gasteiger partial charge is 0.494 e. The maximum Gasteiger partial charge on any atom is 0.337 e. The number of nitrogens with zero attached hydrogens (tertiary/aromatic N) is 5. The highest BCUT2D eigenvalue weighted by Crippen LogP contribution is 2.33. The SMILES string of the molecule is COC(=O)c1ccc2c(C(=Nc3ccc4c(n3)CCN4C(=O)CN3CCN(C)CC3)c3ccccc3)c(O)[nH]c2c1. The number of nitrogens with one attached hydrogen (secondary N) is 1. The van der Waals surface area contributed by atoms with Crippen LogP contribution in [0.3, 0.4) is 0 Å². The van der Waals surface area contributed by atoms with Crippen molar-refractivity contribution in [2.24, 2.45) is 4.99 Å². The lowest BCUT2D eigenvalue weighted by Crippen LogP contribution is -2.48. The van der Waals surface area contributed by atoms with Gasteiger partial charge in [0.2, 0.25) is 5.91 Å². The molecule has 0 atom stereocenters.